The van der Waals surface area contributed by atoms with Crippen LogP contribution in [0, 0.1) is 0 Å². The fourth-order valence-electron chi connectivity index (χ4n) is 3.59. The Morgan fingerprint density at radius 3 is 1.63 bits per heavy atom. The minimum atomic E-state index is -0.134. The third-order valence-electron chi connectivity index (χ3n) is 5.66. The van der Waals surface area contributed by atoms with Crippen LogP contribution in [-0.4, -0.2) is 24.6 Å². The van der Waals surface area contributed by atoms with Crippen LogP contribution in [0.4, 0.5) is 0 Å². The molecule has 0 aromatic heterocycles. The maximum absolute atomic E-state index is 11.9. The Kier molecular flexibility index (Phi) is 21.8. The Morgan fingerprint density at radius 1 is 0.600 bits per heavy atom. The number of ether oxygens (including phenoxy) is 2. The van der Waals surface area contributed by atoms with Crippen molar-refractivity contribution in [3.8, 4) is 0 Å². The zero-order chi connectivity index (χ0) is 22.3. The number of hydrogen-bond acceptors (Lipinski definition) is 4. The Balaban J connectivity index is 3.42. The Bertz CT molecular complexity index is 394. The molecule has 0 bridgehead atoms. The first kappa shape index (κ1) is 28.9. The van der Waals surface area contributed by atoms with Gasteiger partial charge in [0.1, 0.15) is 6.10 Å². The average Bonchev–Trinajstić information content (AvgIpc) is 2.74. The molecule has 0 aliphatic rings. The van der Waals surface area contributed by atoms with Crippen LogP contribution >= 0.6 is 0 Å². The smallest absolute Gasteiger partial charge is 0.306 e. The minimum absolute atomic E-state index is 0.0493. The standard InChI is InChI=1S/C26H50O4/c1-4-7-9-10-11-12-13-14-15-16-19-23-29-25(27)21-17-18-22-26(28)30-24(6-3)20-8-5-2/h24H,4-23H2,1-3H3. The van der Waals surface area contributed by atoms with Gasteiger partial charge in [-0.05, 0) is 32.1 Å². The van der Waals surface area contributed by atoms with Gasteiger partial charge in [-0.25, -0.2) is 0 Å². The highest BCUT2D eigenvalue weighted by Crippen LogP contribution is 2.13. The summed E-state index contributed by atoms with van der Waals surface area (Å²) in [6.07, 6.45) is 20.5. The molecule has 0 amide bonds. The van der Waals surface area contributed by atoms with E-state index in [9.17, 15) is 9.59 Å². The third-order valence-corrected chi connectivity index (χ3v) is 5.66. The summed E-state index contributed by atoms with van der Waals surface area (Å²) in [7, 11) is 0. The molecule has 0 aromatic rings. The van der Waals surface area contributed by atoms with Gasteiger partial charge in [0.2, 0.25) is 0 Å². The summed E-state index contributed by atoms with van der Waals surface area (Å²) in [5, 5.41) is 0. The lowest BCUT2D eigenvalue weighted by molar-refractivity contribution is -0.150. The maximum Gasteiger partial charge on any atom is 0.306 e. The van der Waals surface area contributed by atoms with E-state index in [4.69, 9.17) is 9.47 Å². The largest absolute Gasteiger partial charge is 0.466 e. The lowest BCUT2D eigenvalue weighted by atomic mass is 10.1. The van der Waals surface area contributed by atoms with Crippen molar-refractivity contribution in [2.24, 2.45) is 0 Å². The molecule has 0 heterocycles. The van der Waals surface area contributed by atoms with Gasteiger partial charge >= 0.3 is 11.9 Å². The molecule has 0 N–H and O–H groups in total. The molecule has 0 saturated carbocycles. The van der Waals surface area contributed by atoms with E-state index >= 15 is 0 Å². The predicted octanol–water partition coefficient (Wildman–Crippen LogP) is 7.91. The Labute approximate surface area is 186 Å². The third kappa shape index (κ3) is 20.2. The highest BCUT2D eigenvalue weighted by molar-refractivity contribution is 5.70. The van der Waals surface area contributed by atoms with Gasteiger partial charge in [-0.15, -0.1) is 0 Å². The quantitative estimate of drug-likeness (QED) is 0.130. The van der Waals surface area contributed by atoms with E-state index in [-0.39, 0.29) is 18.0 Å². The molecule has 4 nitrogen and oxygen atoms in total. The summed E-state index contributed by atoms with van der Waals surface area (Å²) >= 11 is 0. The van der Waals surface area contributed by atoms with Crippen molar-refractivity contribution in [1.29, 1.82) is 0 Å². The fourth-order valence-corrected chi connectivity index (χ4v) is 3.59. The highest BCUT2D eigenvalue weighted by atomic mass is 16.5. The van der Waals surface area contributed by atoms with E-state index in [0.29, 0.717) is 32.3 Å². The number of carbonyl (C=O) groups excluding carboxylic acids is 2. The first-order valence-corrected chi connectivity index (χ1v) is 13.0. The van der Waals surface area contributed by atoms with Crippen molar-refractivity contribution in [3.63, 3.8) is 0 Å². The van der Waals surface area contributed by atoms with Crippen LogP contribution in [0.15, 0.2) is 0 Å². The van der Waals surface area contributed by atoms with Crippen LogP contribution in [0.2, 0.25) is 0 Å². The van der Waals surface area contributed by atoms with Crippen LogP contribution in [0.1, 0.15) is 143 Å². The van der Waals surface area contributed by atoms with Crippen molar-refractivity contribution in [2.45, 2.75) is 149 Å². The number of esters is 2. The second-order valence-electron chi connectivity index (χ2n) is 8.63. The second-order valence-corrected chi connectivity index (χ2v) is 8.63. The molecule has 0 radical (unpaired) electrons. The molecule has 0 fully saturated rings. The molecule has 1 unspecified atom stereocenters. The minimum Gasteiger partial charge on any atom is -0.466 e. The van der Waals surface area contributed by atoms with E-state index < -0.39 is 0 Å². The topological polar surface area (TPSA) is 52.6 Å². The first-order valence-electron chi connectivity index (χ1n) is 13.0. The van der Waals surface area contributed by atoms with Gasteiger partial charge in [-0.1, -0.05) is 97.8 Å². The van der Waals surface area contributed by atoms with E-state index in [2.05, 4.69) is 20.8 Å². The van der Waals surface area contributed by atoms with Crippen LogP contribution in [-0.2, 0) is 19.1 Å². The number of hydrogen-bond donors (Lipinski definition) is 0. The van der Waals surface area contributed by atoms with Crippen LogP contribution in [0.5, 0.6) is 0 Å². The van der Waals surface area contributed by atoms with Gasteiger partial charge < -0.3 is 9.47 Å². The van der Waals surface area contributed by atoms with Crippen LogP contribution in [0.25, 0.3) is 0 Å². The Morgan fingerprint density at radius 2 is 1.10 bits per heavy atom. The molecule has 0 aromatic carbocycles. The molecular formula is C26H50O4. The summed E-state index contributed by atoms with van der Waals surface area (Å²) in [5.74, 6) is -0.267. The SMILES string of the molecule is CCCCCCCCCCCCCOC(=O)CCCCC(=O)OC(CC)CCCC. The molecule has 4 heteroatoms. The van der Waals surface area contributed by atoms with E-state index in [0.717, 1.165) is 38.5 Å². The summed E-state index contributed by atoms with van der Waals surface area (Å²) < 4.78 is 10.8. The van der Waals surface area contributed by atoms with Crippen molar-refractivity contribution in [3.05, 3.63) is 0 Å². The maximum atomic E-state index is 11.9. The zero-order valence-corrected chi connectivity index (χ0v) is 20.4. The molecule has 0 rings (SSSR count). The number of carbonyl (C=O) groups is 2. The van der Waals surface area contributed by atoms with Gasteiger partial charge in [0.05, 0.1) is 6.61 Å². The predicted molar refractivity (Wildman–Crippen MR) is 126 cm³/mol. The molecule has 178 valence electrons. The first-order chi connectivity index (χ1) is 14.6. The molecule has 0 aliphatic carbocycles. The normalized spacial score (nSPS) is 12.0. The van der Waals surface area contributed by atoms with Gasteiger partial charge in [0.15, 0.2) is 0 Å². The second kappa shape index (κ2) is 22.6. The van der Waals surface area contributed by atoms with Crippen molar-refractivity contribution < 1.29 is 19.1 Å². The average molecular weight is 427 g/mol. The zero-order valence-electron chi connectivity index (χ0n) is 20.4. The van der Waals surface area contributed by atoms with E-state index in [1.807, 2.05) is 0 Å². The fraction of sp³-hybridized carbons (Fsp3) is 0.923. The Hall–Kier alpha value is -1.06. The lowest BCUT2D eigenvalue weighted by Crippen LogP contribution is -2.17. The lowest BCUT2D eigenvalue weighted by Gasteiger charge is -2.15. The molecule has 0 saturated heterocycles. The van der Waals surface area contributed by atoms with Crippen LogP contribution in [0.3, 0.4) is 0 Å². The molecule has 0 aliphatic heterocycles. The van der Waals surface area contributed by atoms with Crippen LogP contribution < -0.4 is 0 Å². The van der Waals surface area contributed by atoms with Gasteiger partial charge in [0.25, 0.3) is 0 Å². The molecular weight excluding hydrogens is 376 g/mol. The summed E-state index contributed by atoms with van der Waals surface area (Å²) in [5.41, 5.74) is 0. The summed E-state index contributed by atoms with van der Waals surface area (Å²) in [6.45, 7) is 6.99. The molecule has 0 spiro atoms. The van der Waals surface area contributed by atoms with Crippen molar-refractivity contribution in [2.75, 3.05) is 6.61 Å². The molecule has 1 atom stereocenters. The number of rotatable bonds is 22. The monoisotopic (exact) mass is 426 g/mol. The van der Waals surface area contributed by atoms with Crippen molar-refractivity contribution >= 4 is 11.9 Å². The van der Waals surface area contributed by atoms with Gasteiger partial charge in [-0.3, -0.25) is 9.59 Å². The van der Waals surface area contributed by atoms with E-state index in [1.165, 1.54) is 57.8 Å². The summed E-state index contributed by atoms with van der Waals surface area (Å²) in [4.78, 5) is 23.7. The van der Waals surface area contributed by atoms with Gasteiger partial charge in [-0.2, -0.15) is 0 Å². The highest BCUT2D eigenvalue weighted by Gasteiger charge is 2.12. The van der Waals surface area contributed by atoms with E-state index in [1.54, 1.807) is 0 Å². The van der Waals surface area contributed by atoms with Crippen molar-refractivity contribution in [1.82, 2.24) is 0 Å². The van der Waals surface area contributed by atoms with Gasteiger partial charge in [0, 0.05) is 12.8 Å². The number of unbranched alkanes of at least 4 members (excludes halogenated alkanes) is 12. The summed E-state index contributed by atoms with van der Waals surface area (Å²) in [6, 6.07) is 0. The molecule has 30 heavy (non-hydrogen) atoms.